The number of carbonyl (C=O) groups excluding carboxylic acids is 2. The molecule has 0 unspecified atom stereocenters. The van der Waals surface area contributed by atoms with Gasteiger partial charge in [-0.15, -0.1) is 0 Å². The first-order valence-electron chi connectivity index (χ1n) is 9.59. The molecule has 1 heterocycles. The highest BCUT2D eigenvalue weighted by Gasteiger charge is 2.20. The molecule has 0 spiro atoms. The van der Waals surface area contributed by atoms with Crippen LogP contribution in [-0.2, 0) is 14.8 Å². The van der Waals surface area contributed by atoms with Crippen LogP contribution in [0.15, 0.2) is 53.4 Å². The number of ketones is 1. The van der Waals surface area contributed by atoms with Gasteiger partial charge in [0.1, 0.15) is 0 Å². The molecule has 0 bridgehead atoms. The first-order valence-corrected chi connectivity index (χ1v) is 11.1. The molecule has 1 aromatic heterocycles. The Morgan fingerprint density at radius 1 is 0.935 bits per heavy atom. The molecule has 0 saturated heterocycles. The van der Waals surface area contributed by atoms with Gasteiger partial charge < -0.3 is 9.30 Å². The molecule has 162 valence electrons. The fraction of sp³-hybridized carbons (Fsp3) is 0.217. The highest BCUT2D eigenvalue weighted by molar-refractivity contribution is 7.89. The van der Waals surface area contributed by atoms with Crippen molar-refractivity contribution in [2.24, 2.45) is 5.14 Å². The van der Waals surface area contributed by atoms with Gasteiger partial charge in [0.2, 0.25) is 15.8 Å². The summed E-state index contributed by atoms with van der Waals surface area (Å²) in [4.78, 5) is 25.0. The van der Waals surface area contributed by atoms with Crippen molar-refractivity contribution in [1.29, 1.82) is 0 Å². The summed E-state index contributed by atoms with van der Waals surface area (Å²) in [6.07, 6.45) is 0. The minimum absolute atomic E-state index is 0.0458. The molecule has 0 amide bonds. The SMILES string of the molecule is Cc1ccc(-n2c(C)cc(C(=O)COC(=O)c3cc(S(N)(=O)=O)ccc3C)c2C)cc1. The first-order chi connectivity index (χ1) is 14.5. The van der Waals surface area contributed by atoms with Gasteiger partial charge in [0, 0.05) is 22.6 Å². The summed E-state index contributed by atoms with van der Waals surface area (Å²) >= 11 is 0. The Bertz CT molecular complexity index is 1270. The van der Waals surface area contributed by atoms with Crippen molar-refractivity contribution in [3.8, 4) is 5.69 Å². The monoisotopic (exact) mass is 440 g/mol. The van der Waals surface area contributed by atoms with E-state index >= 15 is 0 Å². The minimum atomic E-state index is -3.96. The van der Waals surface area contributed by atoms with E-state index in [1.54, 1.807) is 13.0 Å². The number of benzene rings is 2. The zero-order valence-corrected chi connectivity index (χ0v) is 18.6. The topological polar surface area (TPSA) is 108 Å². The number of hydrogen-bond acceptors (Lipinski definition) is 5. The number of carbonyl (C=O) groups is 2. The third-order valence-corrected chi connectivity index (χ3v) is 6.03. The molecule has 0 aliphatic rings. The number of esters is 1. The average Bonchev–Trinajstić information content (AvgIpc) is 3.00. The lowest BCUT2D eigenvalue weighted by Gasteiger charge is -2.11. The quantitative estimate of drug-likeness (QED) is 0.467. The maximum Gasteiger partial charge on any atom is 0.338 e. The average molecular weight is 441 g/mol. The Balaban J connectivity index is 1.80. The van der Waals surface area contributed by atoms with Gasteiger partial charge in [0.05, 0.1) is 10.5 Å². The van der Waals surface area contributed by atoms with E-state index in [4.69, 9.17) is 9.88 Å². The van der Waals surface area contributed by atoms with Crippen LogP contribution in [0.1, 0.15) is 43.2 Å². The Labute approximate surface area is 181 Å². The second-order valence-electron chi connectivity index (χ2n) is 7.48. The number of sulfonamides is 1. The Morgan fingerprint density at radius 3 is 2.19 bits per heavy atom. The third kappa shape index (κ3) is 4.76. The second-order valence-corrected chi connectivity index (χ2v) is 9.04. The van der Waals surface area contributed by atoms with Gasteiger partial charge in [-0.1, -0.05) is 23.8 Å². The molecule has 0 fully saturated rings. The van der Waals surface area contributed by atoms with Gasteiger partial charge in [-0.2, -0.15) is 0 Å². The van der Waals surface area contributed by atoms with Gasteiger partial charge >= 0.3 is 5.97 Å². The number of nitrogens with zero attached hydrogens (tertiary/aromatic N) is 1. The molecule has 0 saturated carbocycles. The predicted octanol–water partition coefficient (Wildman–Crippen LogP) is 3.40. The van der Waals surface area contributed by atoms with Gasteiger partial charge in [0.15, 0.2) is 6.61 Å². The summed E-state index contributed by atoms with van der Waals surface area (Å²) in [7, 11) is -3.96. The van der Waals surface area contributed by atoms with E-state index in [2.05, 4.69) is 0 Å². The molecular formula is C23H24N2O5S. The summed E-state index contributed by atoms with van der Waals surface area (Å²) < 4.78 is 30.2. The van der Waals surface area contributed by atoms with Gasteiger partial charge in [-0.05, 0) is 63.6 Å². The van der Waals surface area contributed by atoms with Crippen LogP contribution in [0.5, 0.6) is 0 Å². The van der Waals surface area contributed by atoms with Crippen molar-refractivity contribution in [3.05, 3.63) is 82.2 Å². The molecule has 0 radical (unpaired) electrons. The zero-order valence-electron chi connectivity index (χ0n) is 17.8. The van der Waals surface area contributed by atoms with E-state index in [-0.39, 0.29) is 16.2 Å². The molecule has 0 atom stereocenters. The fourth-order valence-corrected chi connectivity index (χ4v) is 3.96. The van der Waals surface area contributed by atoms with Crippen molar-refractivity contribution in [1.82, 2.24) is 4.57 Å². The smallest absolute Gasteiger partial charge is 0.338 e. The van der Waals surface area contributed by atoms with E-state index in [9.17, 15) is 18.0 Å². The number of primary sulfonamides is 1. The molecule has 8 heteroatoms. The summed E-state index contributed by atoms with van der Waals surface area (Å²) in [5, 5.41) is 5.13. The normalized spacial score (nSPS) is 11.4. The molecular weight excluding hydrogens is 416 g/mol. The highest BCUT2D eigenvalue weighted by Crippen LogP contribution is 2.22. The van der Waals surface area contributed by atoms with E-state index in [1.165, 1.54) is 12.1 Å². The summed E-state index contributed by atoms with van der Waals surface area (Å²) in [6, 6.07) is 13.6. The fourth-order valence-electron chi connectivity index (χ4n) is 3.42. The van der Waals surface area contributed by atoms with Gasteiger partial charge in [-0.3, -0.25) is 4.79 Å². The number of aryl methyl sites for hydroxylation is 3. The number of nitrogens with two attached hydrogens (primary N) is 1. The van der Waals surface area contributed by atoms with Crippen LogP contribution >= 0.6 is 0 Å². The summed E-state index contributed by atoms with van der Waals surface area (Å²) in [5.74, 6) is -1.14. The number of Topliss-reactive ketones (excluding diaryl/α,β-unsaturated/α-hetero) is 1. The lowest BCUT2D eigenvalue weighted by atomic mass is 10.1. The number of aromatic nitrogens is 1. The Hall–Kier alpha value is -3.23. The van der Waals surface area contributed by atoms with Crippen molar-refractivity contribution in [2.45, 2.75) is 32.6 Å². The number of ether oxygens (including phenoxy) is 1. The van der Waals surface area contributed by atoms with E-state index in [0.717, 1.165) is 28.7 Å². The van der Waals surface area contributed by atoms with Crippen molar-refractivity contribution in [3.63, 3.8) is 0 Å². The van der Waals surface area contributed by atoms with Crippen LogP contribution in [0, 0.1) is 27.7 Å². The molecule has 2 aromatic carbocycles. The molecule has 3 aromatic rings. The van der Waals surface area contributed by atoms with Gasteiger partial charge in [-0.25, -0.2) is 18.4 Å². The van der Waals surface area contributed by atoms with Crippen LogP contribution < -0.4 is 5.14 Å². The maximum atomic E-state index is 12.8. The summed E-state index contributed by atoms with van der Waals surface area (Å²) in [5.41, 5.74) is 4.72. The maximum absolute atomic E-state index is 12.8. The van der Waals surface area contributed by atoms with Crippen molar-refractivity contribution in [2.75, 3.05) is 6.61 Å². The van der Waals surface area contributed by atoms with Gasteiger partial charge in [0.25, 0.3) is 0 Å². The zero-order chi connectivity index (χ0) is 22.9. The van der Waals surface area contributed by atoms with Crippen molar-refractivity contribution >= 4 is 21.8 Å². The van der Waals surface area contributed by atoms with Crippen LogP contribution in [0.3, 0.4) is 0 Å². The van der Waals surface area contributed by atoms with Crippen LogP contribution in [0.2, 0.25) is 0 Å². The Morgan fingerprint density at radius 2 is 1.58 bits per heavy atom. The largest absolute Gasteiger partial charge is 0.454 e. The third-order valence-electron chi connectivity index (χ3n) is 5.12. The molecule has 2 N–H and O–H groups in total. The standard InChI is InChI=1S/C23H24N2O5S/c1-14-5-8-18(9-6-14)25-16(3)11-21(17(25)4)22(26)13-30-23(27)20-12-19(31(24,28)29)10-7-15(20)2/h5-12H,13H2,1-4H3,(H2,24,28,29). The molecule has 3 rings (SSSR count). The molecule has 0 aliphatic carbocycles. The molecule has 31 heavy (non-hydrogen) atoms. The minimum Gasteiger partial charge on any atom is -0.454 e. The highest BCUT2D eigenvalue weighted by atomic mass is 32.2. The Kier molecular flexibility index (Phi) is 6.15. The van der Waals surface area contributed by atoms with Crippen molar-refractivity contribution < 1.29 is 22.7 Å². The summed E-state index contributed by atoms with van der Waals surface area (Å²) in [6.45, 7) is 6.92. The van der Waals surface area contributed by atoms with Crippen LogP contribution in [-0.4, -0.2) is 31.3 Å². The second kappa shape index (κ2) is 8.49. The number of hydrogen-bond donors (Lipinski definition) is 1. The lowest BCUT2D eigenvalue weighted by Crippen LogP contribution is -2.17. The van der Waals surface area contributed by atoms with E-state index in [1.807, 2.05) is 49.6 Å². The number of rotatable bonds is 6. The van der Waals surface area contributed by atoms with E-state index < -0.39 is 22.6 Å². The predicted molar refractivity (Wildman–Crippen MR) is 117 cm³/mol. The van der Waals surface area contributed by atoms with Crippen LogP contribution in [0.4, 0.5) is 0 Å². The first kappa shape index (κ1) is 22.5. The van der Waals surface area contributed by atoms with Crippen LogP contribution in [0.25, 0.3) is 5.69 Å². The lowest BCUT2D eigenvalue weighted by molar-refractivity contribution is 0.0473. The van der Waals surface area contributed by atoms with E-state index in [0.29, 0.717) is 11.1 Å². The molecule has 7 nitrogen and oxygen atoms in total. The molecule has 0 aliphatic heterocycles.